The van der Waals surface area contributed by atoms with Crippen LogP contribution in [-0.4, -0.2) is 59.5 Å². The van der Waals surface area contributed by atoms with Gasteiger partial charge in [0.25, 0.3) is 0 Å². The van der Waals surface area contributed by atoms with Crippen LogP contribution in [0.3, 0.4) is 0 Å². The Kier molecular flexibility index (Phi) is 5.59. The number of urea groups is 1. The molecule has 2 N–H and O–H groups in total. The van der Waals surface area contributed by atoms with E-state index in [1.165, 1.54) is 0 Å². The number of aliphatic hydroxyl groups is 1. The number of amides is 2. The van der Waals surface area contributed by atoms with E-state index in [-0.39, 0.29) is 23.7 Å². The molecule has 1 saturated carbocycles. The van der Waals surface area contributed by atoms with Crippen molar-refractivity contribution in [2.75, 3.05) is 26.2 Å². The van der Waals surface area contributed by atoms with Crippen LogP contribution >= 0.6 is 0 Å². The lowest BCUT2D eigenvalue weighted by molar-refractivity contribution is -0.207. The Morgan fingerprint density at radius 2 is 2.20 bits per heavy atom. The van der Waals surface area contributed by atoms with Crippen LogP contribution in [0.1, 0.15) is 37.6 Å². The van der Waals surface area contributed by atoms with Gasteiger partial charge >= 0.3 is 6.03 Å². The summed E-state index contributed by atoms with van der Waals surface area (Å²) >= 11 is 0. The van der Waals surface area contributed by atoms with Crippen molar-refractivity contribution < 1.29 is 14.6 Å². The lowest BCUT2D eigenvalue weighted by Gasteiger charge is -2.56. The zero-order valence-electron chi connectivity index (χ0n) is 15.2. The molecule has 25 heavy (non-hydrogen) atoms. The molecule has 1 saturated heterocycles. The second kappa shape index (κ2) is 7.70. The molecule has 0 aromatic carbocycles. The van der Waals surface area contributed by atoms with Gasteiger partial charge in [0, 0.05) is 55.9 Å². The normalized spacial score (nSPS) is 24.8. The Morgan fingerprint density at radius 3 is 2.84 bits per heavy atom. The highest BCUT2D eigenvalue weighted by molar-refractivity contribution is 5.74. The van der Waals surface area contributed by atoms with E-state index in [2.05, 4.69) is 10.3 Å². The summed E-state index contributed by atoms with van der Waals surface area (Å²) in [5.41, 5.74) is 1.85. The number of hydrogen-bond acceptors (Lipinski definition) is 4. The van der Waals surface area contributed by atoms with E-state index in [1.807, 2.05) is 36.9 Å². The van der Waals surface area contributed by atoms with E-state index in [0.29, 0.717) is 26.2 Å². The zero-order chi connectivity index (χ0) is 17.9. The number of carbonyl (C=O) groups is 1. The molecule has 2 atom stereocenters. The van der Waals surface area contributed by atoms with E-state index in [1.54, 1.807) is 0 Å². The fraction of sp³-hybridized carbons (Fsp3) is 0.684. The molecule has 138 valence electrons. The van der Waals surface area contributed by atoms with Crippen LogP contribution in [-0.2, 0) is 11.2 Å². The number of hydrogen-bond donors (Lipinski definition) is 2. The van der Waals surface area contributed by atoms with Crippen LogP contribution in [0.15, 0.2) is 18.2 Å². The quantitative estimate of drug-likeness (QED) is 0.853. The molecule has 2 unspecified atom stereocenters. The largest absolute Gasteiger partial charge is 0.392 e. The Balaban J connectivity index is 1.44. The minimum absolute atomic E-state index is 0.0238. The van der Waals surface area contributed by atoms with Gasteiger partial charge in [-0.15, -0.1) is 0 Å². The van der Waals surface area contributed by atoms with E-state index >= 15 is 0 Å². The number of nitrogens with one attached hydrogen (secondary N) is 1. The summed E-state index contributed by atoms with van der Waals surface area (Å²) in [5, 5.41) is 13.2. The molecule has 6 heteroatoms. The number of rotatable bonds is 5. The second-order valence-corrected chi connectivity index (χ2v) is 7.17. The van der Waals surface area contributed by atoms with Crippen LogP contribution in [0.4, 0.5) is 4.79 Å². The summed E-state index contributed by atoms with van der Waals surface area (Å²) in [4.78, 5) is 18.7. The summed E-state index contributed by atoms with van der Waals surface area (Å²) in [6.45, 7) is 6.57. The van der Waals surface area contributed by atoms with Crippen molar-refractivity contribution in [1.82, 2.24) is 15.2 Å². The van der Waals surface area contributed by atoms with Crippen LogP contribution in [0.25, 0.3) is 0 Å². The predicted octanol–water partition coefficient (Wildman–Crippen LogP) is 1.89. The summed E-state index contributed by atoms with van der Waals surface area (Å²) in [7, 11) is 0. The van der Waals surface area contributed by atoms with Gasteiger partial charge in [0.2, 0.25) is 0 Å². The van der Waals surface area contributed by atoms with Gasteiger partial charge in [-0.3, -0.25) is 4.98 Å². The average molecular weight is 347 g/mol. The van der Waals surface area contributed by atoms with Crippen molar-refractivity contribution in [3.05, 3.63) is 29.6 Å². The van der Waals surface area contributed by atoms with Crippen molar-refractivity contribution in [2.24, 2.45) is 5.41 Å². The Labute approximate surface area is 149 Å². The molecule has 1 aromatic heterocycles. The average Bonchev–Trinajstić information content (AvgIpc) is 2.62. The molecule has 1 aliphatic carbocycles. The first kappa shape index (κ1) is 18.1. The standard InChI is InChI=1S/C19H29N3O3/c1-3-25-17-13-16(23)19(17)8-11-22(12-9-19)18(24)20-10-7-15-6-4-5-14(2)21-15/h4-6,16-17,23H,3,7-13H2,1-2H3,(H,20,24). The highest BCUT2D eigenvalue weighted by Gasteiger charge is 2.56. The lowest BCUT2D eigenvalue weighted by atomic mass is 9.58. The first-order valence-electron chi connectivity index (χ1n) is 9.30. The van der Waals surface area contributed by atoms with E-state index < -0.39 is 0 Å². The number of nitrogens with zero attached hydrogens (tertiary/aromatic N) is 2. The summed E-state index contributed by atoms with van der Waals surface area (Å²) in [5.74, 6) is 0. The third-order valence-electron chi connectivity index (χ3n) is 5.69. The smallest absolute Gasteiger partial charge is 0.317 e. The number of aliphatic hydroxyl groups excluding tert-OH is 1. The van der Waals surface area contributed by atoms with Gasteiger partial charge < -0.3 is 20.1 Å². The fourth-order valence-corrected chi connectivity index (χ4v) is 4.09. The minimum Gasteiger partial charge on any atom is -0.392 e. The molecule has 3 rings (SSSR count). The fourth-order valence-electron chi connectivity index (χ4n) is 4.09. The molecule has 1 aliphatic heterocycles. The maximum absolute atomic E-state index is 12.4. The first-order chi connectivity index (χ1) is 12.0. The monoisotopic (exact) mass is 347 g/mol. The van der Waals surface area contributed by atoms with Crippen molar-refractivity contribution in [2.45, 2.75) is 51.7 Å². The number of carbonyl (C=O) groups excluding carboxylic acids is 1. The van der Waals surface area contributed by atoms with Gasteiger partial charge in [-0.2, -0.15) is 0 Å². The Bertz CT molecular complexity index is 597. The molecule has 1 spiro atoms. The zero-order valence-corrected chi connectivity index (χ0v) is 15.2. The van der Waals surface area contributed by atoms with Gasteiger partial charge in [-0.25, -0.2) is 4.79 Å². The summed E-state index contributed by atoms with van der Waals surface area (Å²) < 4.78 is 5.77. The highest BCUT2D eigenvalue weighted by Crippen LogP contribution is 2.50. The number of aryl methyl sites for hydroxylation is 1. The maximum atomic E-state index is 12.4. The van der Waals surface area contributed by atoms with E-state index in [0.717, 1.165) is 37.1 Å². The molecule has 0 bridgehead atoms. The summed E-state index contributed by atoms with van der Waals surface area (Å²) in [6, 6.07) is 5.91. The summed E-state index contributed by atoms with van der Waals surface area (Å²) in [6.07, 6.45) is 2.93. The van der Waals surface area contributed by atoms with E-state index in [9.17, 15) is 9.90 Å². The van der Waals surface area contributed by atoms with E-state index in [4.69, 9.17) is 4.74 Å². The number of piperidine rings is 1. The number of ether oxygens (including phenoxy) is 1. The van der Waals surface area contributed by atoms with Gasteiger partial charge in [0.1, 0.15) is 0 Å². The molecule has 6 nitrogen and oxygen atoms in total. The molecule has 1 aromatic rings. The molecule has 0 radical (unpaired) electrons. The maximum Gasteiger partial charge on any atom is 0.317 e. The second-order valence-electron chi connectivity index (χ2n) is 7.17. The van der Waals surface area contributed by atoms with Crippen LogP contribution in [0.5, 0.6) is 0 Å². The van der Waals surface area contributed by atoms with Gasteiger partial charge in [0.15, 0.2) is 0 Å². The molecule has 2 aliphatic rings. The lowest BCUT2D eigenvalue weighted by Crippen LogP contribution is -2.63. The molecule has 2 fully saturated rings. The molecular formula is C19H29N3O3. The van der Waals surface area contributed by atoms with Crippen LogP contribution in [0, 0.1) is 12.3 Å². The van der Waals surface area contributed by atoms with Gasteiger partial charge in [-0.05, 0) is 38.8 Å². The predicted molar refractivity (Wildman–Crippen MR) is 95.4 cm³/mol. The van der Waals surface area contributed by atoms with Crippen molar-refractivity contribution in [3.8, 4) is 0 Å². The van der Waals surface area contributed by atoms with Crippen molar-refractivity contribution >= 4 is 6.03 Å². The number of aromatic nitrogens is 1. The van der Waals surface area contributed by atoms with Crippen molar-refractivity contribution in [1.29, 1.82) is 0 Å². The number of likely N-dealkylation sites (tertiary alicyclic amines) is 1. The third-order valence-corrected chi connectivity index (χ3v) is 5.69. The topological polar surface area (TPSA) is 74.7 Å². The molecular weight excluding hydrogens is 318 g/mol. The van der Waals surface area contributed by atoms with Crippen molar-refractivity contribution in [3.63, 3.8) is 0 Å². The first-order valence-corrected chi connectivity index (χ1v) is 9.30. The minimum atomic E-state index is -0.290. The molecule has 2 heterocycles. The van der Waals surface area contributed by atoms with Crippen LogP contribution < -0.4 is 5.32 Å². The van der Waals surface area contributed by atoms with Gasteiger partial charge in [0.05, 0.1) is 12.2 Å². The molecule has 2 amide bonds. The SMILES string of the molecule is CCOC1CC(O)C12CCN(C(=O)NCCc1cccc(C)n1)CC2. The van der Waals surface area contributed by atoms with Crippen LogP contribution in [0.2, 0.25) is 0 Å². The highest BCUT2D eigenvalue weighted by atomic mass is 16.5. The number of pyridine rings is 1. The third kappa shape index (κ3) is 3.80. The Morgan fingerprint density at radius 1 is 1.44 bits per heavy atom. The van der Waals surface area contributed by atoms with Gasteiger partial charge in [-0.1, -0.05) is 6.07 Å². The Hall–Kier alpha value is -1.66.